The Balaban J connectivity index is 2.05. The molecule has 0 radical (unpaired) electrons. The van der Waals surface area contributed by atoms with Crippen molar-refractivity contribution in [1.29, 1.82) is 0 Å². The van der Waals surface area contributed by atoms with E-state index in [0.29, 0.717) is 0 Å². The molecular formula is C15H18O2. The Morgan fingerprint density at radius 1 is 1.00 bits per heavy atom. The Bertz CT molecular complexity index is 425. The van der Waals surface area contributed by atoms with Gasteiger partial charge in [0.15, 0.2) is 0 Å². The van der Waals surface area contributed by atoms with Crippen molar-refractivity contribution in [2.45, 2.75) is 43.9 Å². The lowest BCUT2D eigenvalue weighted by atomic mass is 9.67. The fourth-order valence-corrected chi connectivity index (χ4v) is 3.80. The van der Waals surface area contributed by atoms with Crippen LogP contribution in [0.3, 0.4) is 0 Å². The van der Waals surface area contributed by atoms with Crippen molar-refractivity contribution in [3.05, 3.63) is 35.9 Å². The highest BCUT2D eigenvalue weighted by Gasteiger charge is 2.64. The van der Waals surface area contributed by atoms with E-state index in [0.717, 1.165) is 38.5 Å². The molecule has 0 bridgehead atoms. The van der Waals surface area contributed by atoms with Crippen LogP contribution in [0.2, 0.25) is 0 Å². The van der Waals surface area contributed by atoms with Gasteiger partial charge in [-0.3, -0.25) is 4.79 Å². The third-order valence-electron chi connectivity index (χ3n) is 4.86. The summed E-state index contributed by atoms with van der Waals surface area (Å²) >= 11 is 0. The zero-order valence-corrected chi connectivity index (χ0v) is 9.98. The molecule has 1 aromatic carbocycles. The number of carbonyl (C=O) groups is 1. The molecule has 0 atom stereocenters. The molecule has 17 heavy (non-hydrogen) atoms. The lowest BCUT2D eigenvalue weighted by Gasteiger charge is -2.34. The van der Waals surface area contributed by atoms with E-state index in [2.05, 4.69) is 12.1 Å². The van der Waals surface area contributed by atoms with Gasteiger partial charge in [-0.05, 0) is 31.2 Å². The second kappa shape index (κ2) is 3.59. The van der Waals surface area contributed by atoms with E-state index in [1.807, 2.05) is 18.2 Å². The van der Waals surface area contributed by atoms with Crippen LogP contribution in [0.1, 0.15) is 44.1 Å². The van der Waals surface area contributed by atoms with Crippen LogP contribution in [0, 0.1) is 5.41 Å². The minimum absolute atomic E-state index is 0.0589. The monoisotopic (exact) mass is 230 g/mol. The molecule has 0 spiro atoms. The maximum atomic E-state index is 11.8. The van der Waals surface area contributed by atoms with E-state index in [4.69, 9.17) is 0 Å². The Hall–Kier alpha value is -1.31. The van der Waals surface area contributed by atoms with Crippen LogP contribution in [-0.2, 0) is 10.2 Å². The number of carboxylic acid groups (broad SMARTS) is 1. The summed E-state index contributed by atoms with van der Waals surface area (Å²) in [7, 11) is 0. The van der Waals surface area contributed by atoms with E-state index < -0.39 is 11.4 Å². The van der Waals surface area contributed by atoms with Crippen LogP contribution in [0.5, 0.6) is 0 Å². The SMILES string of the molecule is O=C(O)C1(C2(c3ccccc3)CC2)CCCC1. The summed E-state index contributed by atoms with van der Waals surface area (Å²) in [5, 5.41) is 9.70. The van der Waals surface area contributed by atoms with Gasteiger partial charge in [0.05, 0.1) is 5.41 Å². The molecule has 1 N–H and O–H groups in total. The second-order valence-electron chi connectivity index (χ2n) is 5.54. The highest BCUT2D eigenvalue weighted by molar-refractivity contribution is 5.78. The number of carboxylic acids is 1. The molecule has 0 amide bonds. The molecular weight excluding hydrogens is 212 g/mol. The molecule has 2 aliphatic carbocycles. The number of hydrogen-bond acceptors (Lipinski definition) is 1. The van der Waals surface area contributed by atoms with E-state index in [1.165, 1.54) is 5.56 Å². The molecule has 0 heterocycles. The third-order valence-corrected chi connectivity index (χ3v) is 4.86. The number of hydrogen-bond donors (Lipinski definition) is 1. The Morgan fingerprint density at radius 2 is 1.59 bits per heavy atom. The quantitative estimate of drug-likeness (QED) is 0.864. The van der Waals surface area contributed by atoms with E-state index >= 15 is 0 Å². The Labute approximate surface area is 102 Å². The molecule has 2 fully saturated rings. The summed E-state index contributed by atoms with van der Waals surface area (Å²) in [4.78, 5) is 11.8. The minimum Gasteiger partial charge on any atom is -0.481 e. The van der Waals surface area contributed by atoms with Crippen LogP contribution in [-0.4, -0.2) is 11.1 Å². The van der Waals surface area contributed by atoms with Crippen LogP contribution in [0.25, 0.3) is 0 Å². The maximum Gasteiger partial charge on any atom is 0.310 e. The van der Waals surface area contributed by atoms with Crippen molar-refractivity contribution in [1.82, 2.24) is 0 Å². The lowest BCUT2D eigenvalue weighted by Crippen LogP contribution is -2.40. The van der Waals surface area contributed by atoms with Gasteiger partial charge in [0, 0.05) is 5.41 Å². The summed E-state index contributed by atoms with van der Waals surface area (Å²) in [5.41, 5.74) is 0.703. The minimum atomic E-state index is -0.573. The molecule has 3 rings (SSSR count). The van der Waals surface area contributed by atoms with Crippen LogP contribution < -0.4 is 0 Å². The fourth-order valence-electron chi connectivity index (χ4n) is 3.80. The van der Waals surface area contributed by atoms with E-state index in [1.54, 1.807) is 0 Å². The zero-order chi connectivity index (χ0) is 11.9. The molecule has 2 aliphatic rings. The highest BCUT2D eigenvalue weighted by Crippen LogP contribution is 2.65. The van der Waals surface area contributed by atoms with Crippen molar-refractivity contribution >= 4 is 5.97 Å². The van der Waals surface area contributed by atoms with Crippen molar-refractivity contribution in [2.24, 2.45) is 5.41 Å². The third kappa shape index (κ3) is 1.36. The van der Waals surface area contributed by atoms with Gasteiger partial charge < -0.3 is 5.11 Å². The van der Waals surface area contributed by atoms with Crippen molar-refractivity contribution in [3.8, 4) is 0 Å². The molecule has 2 heteroatoms. The van der Waals surface area contributed by atoms with E-state index in [-0.39, 0.29) is 5.41 Å². The number of benzene rings is 1. The normalized spacial score (nSPS) is 24.5. The van der Waals surface area contributed by atoms with Gasteiger partial charge in [-0.25, -0.2) is 0 Å². The van der Waals surface area contributed by atoms with Gasteiger partial charge in [0.25, 0.3) is 0 Å². The summed E-state index contributed by atoms with van der Waals surface area (Å²) in [5.74, 6) is -0.573. The first-order chi connectivity index (χ1) is 8.21. The predicted octanol–water partition coefficient (Wildman–Crippen LogP) is 3.36. The first-order valence-corrected chi connectivity index (χ1v) is 6.50. The van der Waals surface area contributed by atoms with Crippen LogP contribution >= 0.6 is 0 Å². The lowest BCUT2D eigenvalue weighted by molar-refractivity contribution is -0.151. The first-order valence-electron chi connectivity index (χ1n) is 6.50. The number of aliphatic carboxylic acids is 1. The smallest absolute Gasteiger partial charge is 0.310 e. The first kappa shape index (κ1) is 10.8. The molecule has 0 aromatic heterocycles. The van der Waals surface area contributed by atoms with Gasteiger partial charge in [-0.1, -0.05) is 43.2 Å². The summed E-state index contributed by atoms with van der Waals surface area (Å²) < 4.78 is 0. The summed E-state index contributed by atoms with van der Waals surface area (Å²) in [6, 6.07) is 10.3. The van der Waals surface area contributed by atoms with Crippen molar-refractivity contribution < 1.29 is 9.90 Å². The van der Waals surface area contributed by atoms with Crippen molar-refractivity contribution in [3.63, 3.8) is 0 Å². The largest absolute Gasteiger partial charge is 0.481 e. The standard InChI is InChI=1S/C15H18O2/c16-13(17)15(8-4-5-9-15)14(10-11-14)12-6-2-1-3-7-12/h1-3,6-7H,4-5,8-11H2,(H,16,17). The Kier molecular flexibility index (Phi) is 2.29. The molecule has 1 aromatic rings. The van der Waals surface area contributed by atoms with Gasteiger partial charge in [0.2, 0.25) is 0 Å². The van der Waals surface area contributed by atoms with E-state index in [9.17, 15) is 9.90 Å². The molecule has 2 nitrogen and oxygen atoms in total. The second-order valence-corrected chi connectivity index (χ2v) is 5.54. The maximum absolute atomic E-state index is 11.8. The molecule has 2 saturated carbocycles. The number of rotatable bonds is 3. The summed E-state index contributed by atoms with van der Waals surface area (Å²) in [6.45, 7) is 0. The Morgan fingerprint density at radius 3 is 2.06 bits per heavy atom. The van der Waals surface area contributed by atoms with Crippen molar-refractivity contribution in [2.75, 3.05) is 0 Å². The molecule has 90 valence electrons. The fraction of sp³-hybridized carbons (Fsp3) is 0.533. The predicted molar refractivity (Wildman–Crippen MR) is 65.9 cm³/mol. The molecule has 0 saturated heterocycles. The summed E-state index contributed by atoms with van der Waals surface area (Å²) in [6.07, 6.45) is 5.95. The highest BCUT2D eigenvalue weighted by atomic mass is 16.4. The van der Waals surface area contributed by atoms with Gasteiger partial charge in [-0.15, -0.1) is 0 Å². The van der Waals surface area contributed by atoms with Gasteiger partial charge >= 0.3 is 5.97 Å². The van der Waals surface area contributed by atoms with Gasteiger partial charge in [-0.2, -0.15) is 0 Å². The zero-order valence-electron chi connectivity index (χ0n) is 9.98. The average molecular weight is 230 g/mol. The van der Waals surface area contributed by atoms with Crippen LogP contribution in [0.15, 0.2) is 30.3 Å². The topological polar surface area (TPSA) is 37.3 Å². The van der Waals surface area contributed by atoms with Gasteiger partial charge in [0.1, 0.15) is 0 Å². The average Bonchev–Trinajstić information content (AvgIpc) is 3.01. The molecule has 0 unspecified atom stereocenters. The van der Waals surface area contributed by atoms with Crippen LogP contribution in [0.4, 0.5) is 0 Å². The molecule has 0 aliphatic heterocycles.